The number of rotatable bonds is 4. The minimum Gasteiger partial charge on any atom is -0.496 e. The molecule has 29 heavy (non-hydrogen) atoms. The van der Waals surface area contributed by atoms with Crippen LogP contribution in [0.25, 0.3) is 6.08 Å². The third-order valence-corrected chi connectivity index (χ3v) is 4.99. The van der Waals surface area contributed by atoms with Crippen molar-refractivity contribution in [3.8, 4) is 5.75 Å². The van der Waals surface area contributed by atoms with Crippen molar-refractivity contribution in [2.24, 2.45) is 0 Å². The summed E-state index contributed by atoms with van der Waals surface area (Å²) < 4.78 is 5.49. The third kappa shape index (κ3) is 3.56. The Bertz CT molecular complexity index is 997. The molecule has 2 aliphatic heterocycles. The summed E-state index contributed by atoms with van der Waals surface area (Å²) in [5.41, 5.74) is 1.74. The first-order valence-electron chi connectivity index (χ1n) is 9.33. The number of amides is 4. The predicted octanol–water partition coefficient (Wildman–Crippen LogP) is 2.36. The molecular formula is C21H20N4O4. The Morgan fingerprint density at radius 2 is 1.90 bits per heavy atom. The van der Waals surface area contributed by atoms with Crippen LogP contribution in [0.2, 0.25) is 0 Å². The molecule has 2 saturated heterocycles. The molecule has 4 rings (SSSR count). The van der Waals surface area contributed by atoms with Gasteiger partial charge in [0.1, 0.15) is 11.3 Å². The summed E-state index contributed by atoms with van der Waals surface area (Å²) in [6.07, 6.45) is 6.67. The average molecular weight is 392 g/mol. The van der Waals surface area contributed by atoms with Crippen molar-refractivity contribution >= 4 is 35.3 Å². The minimum atomic E-state index is -0.804. The first-order chi connectivity index (χ1) is 14.1. The normalized spacial score (nSPS) is 18.4. The highest BCUT2D eigenvalue weighted by molar-refractivity contribution is 6.39. The molecule has 8 nitrogen and oxygen atoms in total. The van der Waals surface area contributed by atoms with E-state index in [-0.39, 0.29) is 11.3 Å². The van der Waals surface area contributed by atoms with E-state index in [1.54, 1.807) is 19.2 Å². The minimum absolute atomic E-state index is 0.152. The lowest BCUT2D eigenvalue weighted by molar-refractivity contribution is -0.122. The Labute approximate surface area is 167 Å². The average Bonchev–Trinajstić information content (AvgIpc) is 3.26. The van der Waals surface area contributed by atoms with E-state index in [1.165, 1.54) is 18.5 Å². The maximum absolute atomic E-state index is 12.9. The number of hydrogen-bond donors (Lipinski definition) is 1. The maximum Gasteiger partial charge on any atom is 0.336 e. The van der Waals surface area contributed by atoms with Gasteiger partial charge in [0.2, 0.25) is 0 Å². The largest absolute Gasteiger partial charge is 0.496 e. The molecule has 0 unspecified atom stereocenters. The highest BCUT2D eigenvalue weighted by Gasteiger charge is 2.37. The Kier molecular flexibility index (Phi) is 4.99. The van der Waals surface area contributed by atoms with Crippen LogP contribution in [0.1, 0.15) is 18.4 Å². The zero-order chi connectivity index (χ0) is 20.4. The summed E-state index contributed by atoms with van der Waals surface area (Å²) in [5, 5.41) is 2.20. The molecule has 2 fully saturated rings. The van der Waals surface area contributed by atoms with Crippen LogP contribution in [0.3, 0.4) is 0 Å². The number of carbonyl (C=O) groups excluding carboxylic acids is 3. The summed E-state index contributed by atoms with van der Waals surface area (Å²) in [7, 11) is 1.54. The lowest BCUT2D eigenvalue weighted by Crippen LogP contribution is -2.54. The van der Waals surface area contributed by atoms with Crippen LogP contribution in [-0.2, 0) is 9.59 Å². The summed E-state index contributed by atoms with van der Waals surface area (Å²) in [6.45, 7) is 1.99. The maximum atomic E-state index is 12.9. The van der Waals surface area contributed by atoms with E-state index < -0.39 is 17.8 Å². The second-order valence-electron chi connectivity index (χ2n) is 6.79. The van der Waals surface area contributed by atoms with E-state index in [1.807, 2.05) is 18.2 Å². The van der Waals surface area contributed by atoms with E-state index in [0.29, 0.717) is 11.3 Å². The molecule has 4 amide bonds. The van der Waals surface area contributed by atoms with E-state index in [4.69, 9.17) is 4.74 Å². The number of ether oxygens (including phenoxy) is 1. The summed E-state index contributed by atoms with van der Waals surface area (Å²) in [4.78, 5) is 44.6. The number of methoxy groups -OCH3 is 1. The lowest BCUT2D eigenvalue weighted by atomic mass is 10.1. The Morgan fingerprint density at radius 1 is 1.10 bits per heavy atom. The van der Waals surface area contributed by atoms with Gasteiger partial charge in [-0.05, 0) is 43.2 Å². The van der Waals surface area contributed by atoms with E-state index >= 15 is 0 Å². The third-order valence-electron chi connectivity index (χ3n) is 4.99. The smallest absolute Gasteiger partial charge is 0.336 e. The fourth-order valence-corrected chi connectivity index (χ4v) is 3.52. The van der Waals surface area contributed by atoms with Crippen molar-refractivity contribution in [1.82, 2.24) is 10.3 Å². The zero-order valence-electron chi connectivity index (χ0n) is 15.9. The van der Waals surface area contributed by atoms with Crippen LogP contribution in [0.5, 0.6) is 5.75 Å². The topological polar surface area (TPSA) is 91.8 Å². The number of nitrogens with zero attached hydrogens (tertiary/aromatic N) is 3. The summed E-state index contributed by atoms with van der Waals surface area (Å²) in [6, 6.07) is 8.02. The molecule has 2 aliphatic rings. The van der Waals surface area contributed by atoms with Gasteiger partial charge in [0.05, 0.1) is 19.0 Å². The molecule has 1 N–H and O–H groups in total. The Morgan fingerprint density at radius 3 is 2.59 bits per heavy atom. The fraction of sp³-hybridized carbons (Fsp3) is 0.238. The number of benzene rings is 1. The molecule has 0 saturated carbocycles. The molecular weight excluding hydrogens is 372 g/mol. The number of imide groups is 2. The van der Waals surface area contributed by atoms with Gasteiger partial charge in [-0.1, -0.05) is 0 Å². The number of nitrogens with one attached hydrogen (secondary N) is 1. The predicted molar refractivity (Wildman–Crippen MR) is 108 cm³/mol. The van der Waals surface area contributed by atoms with Crippen molar-refractivity contribution in [2.45, 2.75) is 12.8 Å². The van der Waals surface area contributed by atoms with E-state index in [2.05, 4.69) is 15.2 Å². The molecule has 148 valence electrons. The number of urea groups is 1. The highest BCUT2D eigenvalue weighted by Crippen LogP contribution is 2.30. The van der Waals surface area contributed by atoms with Gasteiger partial charge in [0.15, 0.2) is 0 Å². The molecule has 0 atom stereocenters. The van der Waals surface area contributed by atoms with Crippen LogP contribution in [0.15, 0.2) is 48.3 Å². The summed E-state index contributed by atoms with van der Waals surface area (Å²) >= 11 is 0. The summed E-state index contributed by atoms with van der Waals surface area (Å²) in [5.74, 6) is -0.907. The van der Waals surface area contributed by atoms with E-state index in [0.717, 1.165) is 36.5 Å². The number of anilines is 2. The SMILES string of the molecule is COc1cc(N2CCCC2)ccc1/C=C1/C(=O)NC(=O)N(c2cccnc2)C1=O. The molecule has 0 radical (unpaired) electrons. The molecule has 1 aromatic carbocycles. The molecule has 1 aromatic heterocycles. The van der Waals surface area contributed by atoms with Gasteiger partial charge >= 0.3 is 6.03 Å². The van der Waals surface area contributed by atoms with Gasteiger partial charge in [-0.25, -0.2) is 9.69 Å². The van der Waals surface area contributed by atoms with Crippen LogP contribution in [0.4, 0.5) is 16.2 Å². The van der Waals surface area contributed by atoms with Gasteiger partial charge in [-0.3, -0.25) is 19.9 Å². The van der Waals surface area contributed by atoms with Crippen LogP contribution in [0, 0.1) is 0 Å². The highest BCUT2D eigenvalue weighted by atomic mass is 16.5. The molecule has 8 heteroatoms. The van der Waals surface area contributed by atoms with Crippen molar-refractivity contribution in [3.63, 3.8) is 0 Å². The second kappa shape index (κ2) is 7.75. The van der Waals surface area contributed by atoms with Gasteiger partial charge in [0, 0.05) is 36.6 Å². The van der Waals surface area contributed by atoms with Crippen molar-refractivity contribution < 1.29 is 19.1 Å². The monoisotopic (exact) mass is 392 g/mol. The van der Waals surface area contributed by atoms with Crippen molar-refractivity contribution in [2.75, 3.05) is 30.0 Å². The van der Waals surface area contributed by atoms with Gasteiger partial charge < -0.3 is 9.64 Å². The Balaban J connectivity index is 1.69. The van der Waals surface area contributed by atoms with Crippen molar-refractivity contribution in [3.05, 3.63) is 53.9 Å². The number of hydrogen-bond acceptors (Lipinski definition) is 6. The van der Waals surface area contributed by atoms with Crippen molar-refractivity contribution in [1.29, 1.82) is 0 Å². The van der Waals surface area contributed by atoms with E-state index in [9.17, 15) is 14.4 Å². The number of barbiturate groups is 1. The molecule has 0 spiro atoms. The molecule has 0 bridgehead atoms. The number of carbonyl (C=O) groups is 3. The van der Waals surface area contributed by atoms with Gasteiger partial charge in [0.25, 0.3) is 11.8 Å². The molecule has 3 heterocycles. The quantitative estimate of drug-likeness (QED) is 0.634. The second-order valence-corrected chi connectivity index (χ2v) is 6.79. The standard InChI is InChI=1S/C21H20N4O4/c1-29-18-12-15(24-9-2-3-10-24)7-6-14(18)11-17-19(26)23-21(28)25(20(17)27)16-5-4-8-22-13-16/h4-8,11-13H,2-3,9-10H2,1H3,(H,23,26,28)/b17-11-. The van der Waals surface area contributed by atoms with Crippen LogP contribution >= 0.6 is 0 Å². The fourth-order valence-electron chi connectivity index (χ4n) is 3.52. The van der Waals surface area contributed by atoms with Gasteiger partial charge in [-0.15, -0.1) is 0 Å². The van der Waals surface area contributed by atoms with Crippen LogP contribution < -0.4 is 19.9 Å². The van der Waals surface area contributed by atoms with Crippen LogP contribution in [-0.4, -0.2) is 43.0 Å². The molecule has 2 aromatic rings. The first kappa shape index (κ1) is 18.7. The number of aromatic nitrogens is 1. The van der Waals surface area contributed by atoms with Gasteiger partial charge in [-0.2, -0.15) is 0 Å². The Hall–Kier alpha value is -3.68. The number of pyridine rings is 1. The molecule has 0 aliphatic carbocycles. The zero-order valence-corrected chi connectivity index (χ0v) is 15.9. The lowest BCUT2D eigenvalue weighted by Gasteiger charge is -2.26. The first-order valence-corrected chi connectivity index (χ1v) is 9.33.